The summed E-state index contributed by atoms with van der Waals surface area (Å²) in [6.07, 6.45) is 1.71. The SMILES string of the molecule is Cc1ccc(C)c(Cn2c3ccccc3c3cnn(CC(=O)NC[C@H](C)c4ccccc4)c(=O)c32)c1. The van der Waals surface area contributed by atoms with Crippen LogP contribution in [0.25, 0.3) is 21.8 Å². The van der Waals surface area contributed by atoms with Crippen LogP contribution in [0, 0.1) is 13.8 Å². The second-order valence-electron chi connectivity index (χ2n) is 9.52. The molecule has 0 fully saturated rings. The fourth-order valence-corrected chi connectivity index (χ4v) is 4.77. The summed E-state index contributed by atoms with van der Waals surface area (Å²) in [5.74, 6) is -0.0636. The van der Waals surface area contributed by atoms with Crippen LogP contribution in [0.2, 0.25) is 0 Å². The van der Waals surface area contributed by atoms with E-state index in [9.17, 15) is 9.59 Å². The summed E-state index contributed by atoms with van der Waals surface area (Å²) in [6, 6.07) is 24.4. The molecule has 0 aliphatic rings. The maximum atomic E-state index is 13.7. The Kier molecular flexibility index (Phi) is 6.42. The van der Waals surface area contributed by atoms with Crippen molar-refractivity contribution in [3.8, 4) is 0 Å². The quantitative estimate of drug-likeness (QED) is 0.360. The molecule has 0 unspecified atom stereocenters. The third-order valence-corrected chi connectivity index (χ3v) is 6.87. The van der Waals surface area contributed by atoms with E-state index in [1.54, 1.807) is 6.20 Å². The minimum Gasteiger partial charge on any atom is -0.354 e. The van der Waals surface area contributed by atoms with Crippen molar-refractivity contribution in [1.82, 2.24) is 19.7 Å². The first-order valence-electron chi connectivity index (χ1n) is 12.3. The topological polar surface area (TPSA) is 68.9 Å². The van der Waals surface area contributed by atoms with Crippen molar-refractivity contribution in [2.45, 2.75) is 39.8 Å². The van der Waals surface area contributed by atoms with Crippen molar-refractivity contribution in [3.05, 3.63) is 112 Å². The van der Waals surface area contributed by atoms with Gasteiger partial charge >= 0.3 is 0 Å². The van der Waals surface area contributed by atoms with Crippen molar-refractivity contribution in [3.63, 3.8) is 0 Å². The molecule has 182 valence electrons. The highest BCUT2D eigenvalue weighted by Gasteiger charge is 2.18. The number of amides is 1. The molecule has 5 aromatic rings. The number of carbonyl (C=O) groups excluding carboxylic acids is 1. The molecule has 1 N–H and O–H groups in total. The molecule has 0 saturated heterocycles. The highest BCUT2D eigenvalue weighted by molar-refractivity contribution is 6.07. The summed E-state index contributed by atoms with van der Waals surface area (Å²) in [7, 11) is 0. The zero-order valence-electron chi connectivity index (χ0n) is 20.9. The zero-order valence-corrected chi connectivity index (χ0v) is 20.9. The number of carbonyl (C=O) groups is 1. The number of aromatic nitrogens is 3. The van der Waals surface area contributed by atoms with Crippen LogP contribution in [-0.4, -0.2) is 26.8 Å². The second kappa shape index (κ2) is 9.82. The minimum absolute atomic E-state index is 0.124. The molecule has 0 saturated carbocycles. The van der Waals surface area contributed by atoms with E-state index in [2.05, 4.69) is 54.0 Å². The van der Waals surface area contributed by atoms with Gasteiger partial charge in [0.15, 0.2) is 0 Å². The van der Waals surface area contributed by atoms with Crippen molar-refractivity contribution < 1.29 is 4.79 Å². The first kappa shape index (κ1) is 23.5. The first-order valence-corrected chi connectivity index (χ1v) is 12.3. The maximum Gasteiger partial charge on any atom is 0.291 e. The van der Waals surface area contributed by atoms with E-state index < -0.39 is 0 Å². The summed E-state index contributed by atoms with van der Waals surface area (Å²) >= 11 is 0. The lowest BCUT2D eigenvalue weighted by molar-refractivity contribution is -0.121. The highest BCUT2D eigenvalue weighted by atomic mass is 16.2. The smallest absolute Gasteiger partial charge is 0.291 e. The molecule has 36 heavy (non-hydrogen) atoms. The predicted molar refractivity (Wildman–Crippen MR) is 144 cm³/mol. The molecule has 5 rings (SSSR count). The van der Waals surface area contributed by atoms with Gasteiger partial charge in [-0.3, -0.25) is 9.59 Å². The monoisotopic (exact) mass is 478 g/mol. The molecule has 2 aromatic heterocycles. The average Bonchev–Trinajstić information content (AvgIpc) is 3.21. The second-order valence-corrected chi connectivity index (χ2v) is 9.52. The van der Waals surface area contributed by atoms with E-state index in [-0.39, 0.29) is 23.9 Å². The van der Waals surface area contributed by atoms with Gasteiger partial charge in [-0.15, -0.1) is 0 Å². The molecule has 0 aliphatic carbocycles. The van der Waals surface area contributed by atoms with Crippen LogP contribution >= 0.6 is 0 Å². The summed E-state index contributed by atoms with van der Waals surface area (Å²) in [6.45, 7) is 7.16. The molecule has 1 amide bonds. The Labute approximate surface area is 210 Å². The molecule has 3 aromatic carbocycles. The van der Waals surface area contributed by atoms with Gasteiger partial charge in [0.2, 0.25) is 5.91 Å². The van der Waals surface area contributed by atoms with Gasteiger partial charge in [0, 0.05) is 29.4 Å². The average molecular weight is 479 g/mol. The lowest BCUT2D eigenvalue weighted by Gasteiger charge is -2.14. The highest BCUT2D eigenvalue weighted by Crippen LogP contribution is 2.28. The summed E-state index contributed by atoms with van der Waals surface area (Å²) in [5, 5.41) is 9.10. The van der Waals surface area contributed by atoms with E-state index >= 15 is 0 Å². The van der Waals surface area contributed by atoms with Gasteiger partial charge in [-0.25, -0.2) is 4.68 Å². The van der Waals surface area contributed by atoms with E-state index in [0.29, 0.717) is 18.6 Å². The largest absolute Gasteiger partial charge is 0.354 e. The Morgan fingerprint density at radius 3 is 2.53 bits per heavy atom. The lowest BCUT2D eigenvalue weighted by atomic mass is 10.0. The molecule has 2 heterocycles. The Hall–Kier alpha value is -4.19. The van der Waals surface area contributed by atoms with Crippen molar-refractivity contribution in [2.75, 3.05) is 6.54 Å². The van der Waals surface area contributed by atoms with Crippen LogP contribution in [-0.2, 0) is 17.9 Å². The number of hydrogen-bond acceptors (Lipinski definition) is 3. The van der Waals surface area contributed by atoms with Gasteiger partial charge in [-0.2, -0.15) is 5.10 Å². The number of fused-ring (bicyclic) bond motifs is 3. The Morgan fingerprint density at radius 1 is 0.972 bits per heavy atom. The van der Waals surface area contributed by atoms with E-state index in [1.165, 1.54) is 15.8 Å². The van der Waals surface area contributed by atoms with Gasteiger partial charge in [-0.1, -0.05) is 79.2 Å². The fraction of sp³-hybridized carbons (Fsp3) is 0.233. The molecule has 6 heteroatoms. The van der Waals surface area contributed by atoms with Crippen LogP contribution in [0.4, 0.5) is 0 Å². The maximum absolute atomic E-state index is 13.7. The third kappa shape index (κ3) is 4.54. The van der Waals surface area contributed by atoms with E-state index in [0.717, 1.165) is 27.4 Å². The molecule has 0 bridgehead atoms. The molecule has 0 aliphatic heterocycles. The molecule has 6 nitrogen and oxygen atoms in total. The van der Waals surface area contributed by atoms with Gasteiger partial charge in [0.1, 0.15) is 12.1 Å². The molecule has 0 radical (unpaired) electrons. The zero-order chi connectivity index (χ0) is 25.2. The molecule has 0 spiro atoms. The Morgan fingerprint density at radius 2 is 1.72 bits per heavy atom. The van der Waals surface area contributed by atoms with Gasteiger partial charge in [-0.05, 0) is 42.5 Å². The lowest BCUT2D eigenvalue weighted by Crippen LogP contribution is -2.35. The normalized spacial score (nSPS) is 12.2. The summed E-state index contributed by atoms with van der Waals surface area (Å²) < 4.78 is 3.33. The number of hydrogen-bond donors (Lipinski definition) is 1. The van der Waals surface area contributed by atoms with Gasteiger partial charge in [0.05, 0.1) is 6.20 Å². The molecular weight excluding hydrogens is 448 g/mol. The fourth-order valence-electron chi connectivity index (χ4n) is 4.77. The number of aryl methyl sites for hydroxylation is 2. The Balaban J connectivity index is 1.47. The van der Waals surface area contributed by atoms with E-state index in [4.69, 9.17) is 0 Å². The number of benzene rings is 3. The molecule has 1 atom stereocenters. The van der Waals surface area contributed by atoms with Crippen LogP contribution < -0.4 is 10.9 Å². The Bertz CT molecular complexity index is 1620. The van der Waals surface area contributed by atoms with Crippen LogP contribution in [0.15, 0.2) is 83.8 Å². The van der Waals surface area contributed by atoms with Crippen LogP contribution in [0.1, 0.15) is 35.1 Å². The number of para-hydroxylation sites is 1. The standard InChI is InChI=1S/C30H30N4O2/c1-20-13-14-21(2)24(15-20)18-33-27-12-8-7-11-25(27)26-17-32-34(30(36)29(26)33)19-28(35)31-16-22(3)23-9-5-4-6-10-23/h4-15,17,22H,16,18-19H2,1-3H3,(H,31,35)/t22-/m0/s1. The van der Waals surface area contributed by atoms with Gasteiger partial charge in [0.25, 0.3) is 5.56 Å². The third-order valence-electron chi connectivity index (χ3n) is 6.87. The number of nitrogens with one attached hydrogen (secondary N) is 1. The minimum atomic E-state index is -0.264. The van der Waals surface area contributed by atoms with Crippen molar-refractivity contribution in [1.29, 1.82) is 0 Å². The van der Waals surface area contributed by atoms with E-state index in [1.807, 2.05) is 54.6 Å². The summed E-state index contributed by atoms with van der Waals surface area (Å²) in [5.41, 5.74) is 5.95. The molecular formula is C30H30N4O2. The first-order chi connectivity index (χ1) is 17.4. The summed E-state index contributed by atoms with van der Waals surface area (Å²) in [4.78, 5) is 26.4. The van der Waals surface area contributed by atoms with Crippen LogP contribution in [0.5, 0.6) is 0 Å². The number of nitrogens with zero attached hydrogens (tertiary/aromatic N) is 3. The van der Waals surface area contributed by atoms with Crippen molar-refractivity contribution >= 4 is 27.7 Å². The number of rotatable bonds is 7. The van der Waals surface area contributed by atoms with Crippen molar-refractivity contribution in [2.24, 2.45) is 0 Å². The predicted octanol–water partition coefficient (Wildman–Crippen LogP) is 4.94. The van der Waals surface area contributed by atoms with Gasteiger partial charge < -0.3 is 9.88 Å². The van der Waals surface area contributed by atoms with Crippen LogP contribution in [0.3, 0.4) is 0 Å².